The van der Waals surface area contributed by atoms with Gasteiger partial charge in [0, 0.05) is 12.1 Å². The maximum Gasteiger partial charge on any atom is 0.426 e. The van der Waals surface area contributed by atoms with Gasteiger partial charge in [-0.25, -0.2) is 8.78 Å². The lowest BCUT2D eigenvalue weighted by molar-refractivity contribution is -0.187. The Hall–Kier alpha value is -3.50. The molecule has 0 heterocycles. The van der Waals surface area contributed by atoms with Crippen LogP contribution in [0.4, 0.5) is 35.1 Å². The van der Waals surface area contributed by atoms with Crippen LogP contribution in [-0.4, -0.2) is 6.61 Å². The first-order valence-electron chi connectivity index (χ1n) is 11.2. The highest BCUT2D eigenvalue weighted by atomic mass is 19.3. The second-order valence-corrected chi connectivity index (χ2v) is 8.01. The highest BCUT2D eigenvalue weighted by Gasteiger charge is 2.37. The van der Waals surface area contributed by atoms with Gasteiger partial charge in [-0.05, 0) is 54.8 Å². The average molecular weight is 534 g/mol. The molecule has 0 spiro atoms. The fraction of sp³-hybridized carbons (Fsp3) is 0.308. The van der Waals surface area contributed by atoms with E-state index in [-0.39, 0.29) is 12.1 Å². The zero-order valence-corrected chi connectivity index (χ0v) is 19.4. The smallest absolute Gasteiger partial charge is 0.426 e. The van der Waals surface area contributed by atoms with Crippen LogP contribution in [0.3, 0.4) is 0 Å². The third kappa shape index (κ3) is 7.50. The zero-order chi connectivity index (χ0) is 27.2. The second kappa shape index (κ2) is 11.7. The number of halogens is 8. The van der Waals surface area contributed by atoms with Gasteiger partial charge >= 0.3 is 18.8 Å². The minimum absolute atomic E-state index is 0.238. The summed E-state index contributed by atoms with van der Waals surface area (Å²) in [6.07, 6.45) is -4.17. The summed E-state index contributed by atoms with van der Waals surface area (Å²) in [5, 5.41) is 0. The number of hydrogen-bond acceptors (Lipinski definition) is 3. The van der Waals surface area contributed by atoms with E-state index in [1.165, 1.54) is 12.1 Å². The van der Waals surface area contributed by atoms with Crippen LogP contribution >= 0.6 is 0 Å². The minimum Gasteiger partial charge on any atom is -0.429 e. The molecule has 0 radical (unpaired) electrons. The van der Waals surface area contributed by atoms with Crippen molar-refractivity contribution in [1.29, 1.82) is 0 Å². The molecule has 0 aliphatic rings. The number of ether oxygens (including phenoxy) is 3. The van der Waals surface area contributed by atoms with Crippen molar-refractivity contribution >= 4 is 0 Å². The third-order valence-electron chi connectivity index (χ3n) is 5.22. The van der Waals surface area contributed by atoms with Crippen LogP contribution in [0.15, 0.2) is 60.7 Å². The van der Waals surface area contributed by atoms with Crippen molar-refractivity contribution in [3.05, 3.63) is 89.0 Å². The molecule has 3 rings (SSSR count). The Morgan fingerprint density at radius 2 is 1.19 bits per heavy atom. The molecule has 0 fully saturated rings. The monoisotopic (exact) mass is 534 g/mol. The molecule has 0 N–H and O–H groups in total. The maximum atomic E-state index is 14.6. The summed E-state index contributed by atoms with van der Waals surface area (Å²) in [5.41, 5.74) is -0.378. The number of benzene rings is 3. The van der Waals surface area contributed by atoms with E-state index in [9.17, 15) is 35.1 Å². The van der Waals surface area contributed by atoms with Crippen LogP contribution in [0.5, 0.6) is 17.2 Å². The minimum atomic E-state index is -4.17. The summed E-state index contributed by atoms with van der Waals surface area (Å²) in [7, 11) is 0. The van der Waals surface area contributed by atoms with Crippen LogP contribution in [0.1, 0.15) is 42.9 Å². The number of unbranched alkanes of at least 4 members (excludes halogenated alkanes) is 2. The number of rotatable bonds is 12. The van der Waals surface area contributed by atoms with E-state index in [1.54, 1.807) is 12.1 Å². The fourth-order valence-electron chi connectivity index (χ4n) is 3.37. The standard InChI is InChI=1S/C26H22F8O3/c1-2-3-4-5-16-6-8-17(9-7-16)25(31,32)36-19-12-10-18(11-13-19)26(33,34)37-20-14-21(27)23(22(28)15-20)35-24(29)30/h6-15,24H,2-5H2,1H3. The van der Waals surface area contributed by atoms with Gasteiger partial charge in [0.1, 0.15) is 11.5 Å². The van der Waals surface area contributed by atoms with Crippen LogP contribution in [0.25, 0.3) is 0 Å². The molecule has 0 saturated carbocycles. The SMILES string of the molecule is CCCCCc1ccc(C(F)(F)Oc2ccc(C(F)(F)Oc3cc(F)c(OC(F)F)c(F)c3)cc2)cc1. The molecular weight excluding hydrogens is 512 g/mol. The summed E-state index contributed by atoms with van der Waals surface area (Å²) in [6, 6.07) is 9.22. The first-order chi connectivity index (χ1) is 17.4. The van der Waals surface area contributed by atoms with Crippen molar-refractivity contribution in [3.63, 3.8) is 0 Å². The van der Waals surface area contributed by atoms with Crippen LogP contribution < -0.4 is 14.2 Å². The molecule has 0 saturated heterocycles. The normalized spacial score (nSPS) is 12.1. The van der Waals surface area contributed by atoms with E-state index in [4.69, 9.17) is 4.74 Å². The van der Waals surface area contributed by atoms with Gasteiger partial charge in [0.2, 0.25) is 0 Å². The first-order valence-corrected chi connectivity index (χ1v) is 11.2. The molecule has 0 unspecified atom stereocenters. The molecule has 0 aliphatic heterocycles. The van der Waals surface area contributed by atoms with Crippen LogP contribution in [-0.2, 0) is 18.6 Å². The maximum absolute atomic E-state index is 14.6. The van der Waals surface area contributed by atoms with Gasteiger partial charge in [0.25, 0.3) is 0 Å². The Balaban J connectivity index is 1.68. The molecule has 0 aromatic heterocycles. The molecule has 0 amide bonds. The lowest BCUT2D eigenvalue weighted by Crippen LogP contribution is -2.23. The van der Waals surface area contributed by atoms with Gasteiger partial charge in [-0.15, -0.1) is 0 Å². The van der Waals surface area contributed by atoms with Gasteiger partial charge in [0.15, 0.2) is 17.4 Å². The summed E-state index contributed by atoms with van der Waals surface area (Å²) in [6.45, 7) is -1.49. The highest BCUT2D eigenvalue weighted by molar-refractivity contribution is 5.36. The van der Waals surface area contributed by atoms with Gasteiger partial charge in [-0.1, -0.05) is 31.9 Å². The third-order valence-corrected chi connectivity index (χ3v) is 5.22. The second-order valence-electron chi connectivity index (χ2n) is 8.01. The number of alkyl halides is 6. The van der Waals surface area contributed by atoms with Crippen molar-refractivity contribution < 1.29 is 49.3 Å². The predicted octanol–water partition coefficient (Wildman–Crippen LogP) is 8.56. The molecule has 37 heavy (non-hydrogen) atoms. The lowest BCUT2D eigenvalue weighted by Gasteiger charge is -2.21. The molecule has 3 aromatic carbocycles. The summed E-state index contributed by atoms with van der Waals surface area (Å²) >= 11 is 0. The molecule has 3 aromatic rings. The Kier molecular flexibility index (Phi) is 8.88. The van der Waals surface area contributed by atoms with Gasteiger partial charge in [0.05, 0.1) is 11.1 Å². The van der Waals surface area contributed by atoms with E-state index in [2.05, 4.69) is 16.4 Å². The topological polar surface area (TPSA) is 27.7 Å². The van der Waals surface area contributed by atoms with E-state index in [0.29, 0.717) is 0 Å². The van der Waals surface area contributed by atoms with E-state index >= 15 is 0 Å². The van der Waals surface area contributed by atoms with Crippen molar-refractivity contribution in [3.8, 4) is 17.2 Å². The van der Waals surface area contributed by atoms with Gasteiger partial charge in [-0.3, -0.25) is 0 Å². The Morgan fingerprint density at radius 3 is 1.68 bits per heavy atom. The quantitative estimate of drug-likeness (QED) is 0.172. The molecule has 200 valence electrons. The van der Waals surface area contributed by atoms with Crippen molar-refractivity contribution in [2.75, 3.05) is 0 Å². The number of hydrogen-bond donors (Lipinski definition) is 0. The summed E-state index contributed by atoms with van der Waals surface area (Å²) in [5.74, 6) is -6.29. The average Bonchev–Trinajstić information content (AvgIpc) is 2.82. The molecular formula is C26H22F8O3. The molecule has 0 bridgehead atoms. The van der Waals surface area contributed by atoms with Crippen LogP contribution in [0.2, 0.25) is 0 Å². The number of aryl methyl sites for hydroxylation is 1. The van der Waals surface area contributed by atoms with Gasteiger partial charge < -0.3 is 14.2 Å². The van der Waals surface area contributed by atoms with Gasteiger partial charge in [-0.2, -0.15) is 26.3 Å². The molecule has 0 aliphatic carbocycles. The Morgan fingerprint density at radius 1 is 0.703 bits per heavy atom. The Bertz CT molecular complexity index is 1140. The van der Waals surface area contributed by atoms with Crippen molar-refractivity contribution in [2.24, 2.45) is 0 Å². The molecule has 11 heteroatoms. The molecule has 0 atom stereocenters. The fourth-order valence-corrected chi connectivity index (χ4v) is 3.37. The van der Waals surface area contributed by atoms with E-state index in [1.807, 2.05) is 0 Å². The van der Waals surface area contributed by atoms with Crippen molar-refractivity contribution in [2.45, 2.75) is 51.4 Å². The highest BCUT2D eigenvalue weighted by Crippen LogP contribution is 2.37. The summed E-state index contributed by atoms with van der Waals surface area (Å²) in [4.78, 5) is 0. The first kappa shape index (κ1) is 28.1. The zero-order valence-electron chi connectivity index (χ0n) is 19.4. The summed E-state index contributed by atoms with van der Waals surface area (Å²) < 4.78 is 123. The van der Waals surface area contributed by atoms with E-state index < -0.39 is 58.8 Å². The predicted molar refractivity (Wildman–Crippen MR) is 118 cm³/mol. The van der Waals surface area contributed by atoms with E-state index in [0.717, 1.165) is 55.5 Å². The van der Waals surface area contributed by atoms with Crippen LogP contribution in [0, 0.1) is 11.6 Å². The largest absolute Gasteiger partial charge is 0.429 e. The van der Waals surface area contributed by atoms with Crippen molar-refractivity contribution in [1.82, 2.24) is 0 Å². The molecule has 3 nitrogen and oxygen atoms in total. The Labute approximate surface area is 207 Å². The lowest BCUT2D eigenvalue weighted by atomic mass is 10.1.